The number of nitrogens with zero attached hydrogens (tertiary/aromatic N) is 3. The van der Waals surface area contributed by atoms with E-state index in [0.29, 0.717) is 6.04 Å². The standard InChI is InChI=1S/C13H25N5/c1-5-15-12-8-14-9-13(17-12)16-11(4)10-18(6-2)7-3/h8-9,11H,5-7,10H2,1-4H3,(H2,15,16,17). The number of likely N-dealkylation sites (N-methyl/N-ethyl adjacent to an activating group) is 1. The van der Waals surface area contributed by atoms with Crippen LogP contribution in [0.5, 0.6) is 0 Å². The van der Waals surface area contributed by atoms with Gasteiger partial charge in [0.05, 0.1) is 12.4 Å². The van der Waals surface area contributed by atoms with Gasteiger partial charge in [0.25, 0.3) is 0 Å². The van der Waals surface area contributed by atoms with E-state index in [1.807, 2.05) is 6.92 Å². The highest BCUT2D eigenvalue weighted by Crippen LogP contribution is 2.08. The Morgan fingerprint density at radius 3 is 2.44 bits per heavy atom. The number of aromatic nitrogens is 2. The van der Waals surface area contributed by atoms with Crippen LogP contribution in [0.2, 0.25) is 0 Å². The van der Waals surface area contributed by atoms with E-state index >= 15 is 0 Å². The second kappa shape index (κ2) is 7.87. The molecule has 0 amide bonds. The molecule has 1 rings (SSSR count). The van der Waals surface area contributed by atoms with Crippen molar-refractivity contribution < 1.29 is 0 Å². The molecule has 0 bridgehead atoms. The molecule has 1 atom stereocenters. The molecular formula is C13H25N5. The van der Waals surface area contributed by atoms with Gasteiger partial charge in [-0.2, -0.15) is 0 Å². The van der Waals surface area contributed by atoms with E-state index in [1.165, 1.54) is 0 Å². The van der Waals surface area contributed by atoms with Crippen LogP contribution < -0.4 is 10.6 Å². The van der Waals surface area contributed by atoms with Crippen molar-refractivity contribution in [3.8, 4) is 0 Å². The molecular weight excluding hydrogens is 226 g/mol. The summed E-state index contributed by atoms with van der Waals surface area (Å²) < 4.78 is 0. The highest BCUT2D eigenvalue weighted by molar-refractivity contribution is 5.41. The average Bonchev–Trinajstić information content (AvgIpc) is 2.36. The fourth-order valence-electron chi connectivity index (χ4n) is 1.87. The van der Waals surface area contributed by atoms with Crippen molar-refractivity contribution in [1.82, 2.24) is 14.9 Å². The van der Waals surface area contributed by atoms with Gasteiger partial charge in [0, 0.05) is 19.1 Å². The average molecular weight is 251 g/mol. The van der Waals surface area contributed by atoms with Crippen LogP contribution in [0, 0.1) is 0 Å². The quantitative estimate of drug-likeness (QED) is 0.740. The minimum Gasteiger partial charge on any atom is -0.369 e. The summed E-state index contributed by atoms with van der Waals surface area (Å²) in [6, 6.07) is 0.357. The van der Waals surface area contributed by atoms with Crippen molar-refractivity contribution >= 4 is 11.6 Å². The van der Waals surface area contributed by atoms with E-state index in [4.69, 9.17) is 0 Å². The Morgan fingerprint density at radius 2 is 1.83 bits per heavy atom. The highest BCUT2D eigenvalue weighted by atomic mass is 15.2. The lowest BCUT2D eigenvalue weighted by molar-refractivity contribution is 0.294. The Labute approximate surface area is 110 Å². The first-order valence-electron chi connectivity index (χ1n) is 6.74. The zero-order valence-corrected chi connectivity index (χ0v) is 11.9. The molecule has 102 valence electrons. The zero-order chi connectivity index (χ0) is 13.4. The van der Waals surface area contributed by atoms with Crippen LogP contribution in [-0.4, -0.2) is 47.1 Å². The number of nitrogens with one attached hydrogen (secondary N) is 2. The summed E-state index contributed by atoms with van der Waals surface area (Å²) >= 11 is 0. The van der Waals surface area contributed by atoms with Crippen LogP contribution in [0.15, 0.2) is 12.4 Å². The maximum absolute atomic E-state index is 4.46. The summed E-state index contributed by atoms with van der Waals surface area (Å²) in [5.74, 6) is 1.64. The van der Waals surface area contributed by atoms with E-state index < -0.39 is 0 Å². The third-order valence-corrected chi connectivity index (χ3v) is 2.81. The van der Waals surface area contributed by atoms with Gasteiger partial charge < -0.3 is 15.5 Å². The zero-order valence-electron chi connectivity index (χ0n) is 11.9. The molecule has 1 unspecified atom stereocenters. The third kappa shape index (κ3) is 4.87. The Kier molecular flexibility index (Phi) is 6.43. The Morgan fingerprint density at radius 1 is 1.17 bits per heavy atom. The maximum atomic E-state index is 4.46. The summed E-state index contributed by atoms with van der Waals surface area (Å²) in [5.41, 5.74) is 0. The topological polar surface area (TPSA) is 53.1 Å². The molecule has 18 heavy (non-hydrogen) atoms. The Bertz CT molecular complexity index is 338. The fourth-order valence-corrected chi connectivity index (χ4v) is 1.87. The fraction of sp³-hybridized carbons (Fsp3) is 0.692. The first-order valence-corrected chi connectivity index (χ1v) is 6.74. The number of anilines is 2. The van der Waals surface area contributed by atoms with Crippen LogP contribution in [0.4, 0.5) is 11.6 Å². The van der Waals surface area contributed by atoms with E-state index in [9.17, 15) is 0 Å². The molecule has 0 fully saturated rings. The van der Waals surface area contributed by atoms with Gasteiger partial charge in [-0.1, -0.05) is 13.8 Å². The lowest BCUT2D eigenvalue weighted by Crippen LogP contribution is -2.35. The predicted molar refractivity (Wildman–Crippen MR) is 77.1 cm³/mol. The van der Waals surface area contributed by atoms with E-state index in [-0.39, 0.29) is 0 Å². The molecule has 0 aromatic carbocycles. The maximum Gasteiger partial charge on any atom is 0.147 e. The van der Waals surface area contributed by atoms with Crippen LogP contribution in [0.1, 0.15) is 27.7 Å². The Balaban J connectivity index is 2.52. The van der Waals surface area contributed by atoms with Crippen molar-refractivity contribution in [2.24, 2.45) is 0 Å². The molecule has 1 heterocycles. The molecule has 0 spiro atoms. The predicted octanol–water partition coefficient (Wildman–Crippen LogP) is 2.05. The number of hydrogen-bond acceptors (Lipinski definition) is 5. The minimum absolute atomic E-state index is 0.357. The van der Waals surface area contributed by atoms with Crippen LogP contribution in [-0.2, 0) is 0 Å². The minimum atomic E-state index is 0.357. The summed E-state index contributed by atoms with van der Waals surface area (Å²) in [4.78, 5) is 11.0. The van der Waals surface area contributed by atoms with Gasteiger partial charge in [-0.05, 0) is 26.9 Å². The lowest BCUT2D eigenvalue weighted by atomic mass is 10.3. The first kappa shape index (κ1) is 14.7. The van der Waals surface area contributed by atoms with Gasteiger partial charge in [-0.25, -0.2) is 4.98 Å². The molecule has 0 saturated carbocycles. The smallest absolute Gasteiger partial charge is 0.147 e. The summed E-state index contributed by atoms with van der Waals surface area (Å²) in [6.45, 7) is 12.6. The van der Waals surface area contributed by atoms with Gasteiger partial charge in [0.1, 0.15) is 11.6 Å². The lowest BCUT2D eigenvalue weighted by Gasteiger charge is -2.23. The molecule has 5 nitrogen and oxygen atoms in total. The molecule has 1 aromatic heterocycles. The van der Waals surface area contributed by atoms with Crippen LogP contribution in [0.3, 0.4) is 0 Å². The van der Waals surface area contributed by atoms with Gasteiger partial charge in [-0.3, -0.25) is 4.98 Å². The molecule has 0 aliphatic heterocycles. The van der Waals surface area contributed by atoms with Crippen LogP contribution >= 0.6 is 0 Å². The van der Waals surface area contributed by atoms with Crippen molar-refractivity contribution in [3.63, 3.8) is 0 Å². The second-order valence-corrected chi connectivity index (χ2v) is 4.35. The molecule has 5 heteroatoms. The Hall–Kier alpha value is -1.36. The van der Waals surface area contributed by atoms with Crippen molar-refractivity contribution in [3.05, 3.63) is 12.4 Å². The molecule has 0 aliphatic rings. The van der Waals surface area contributed by atoms with Crippen molar-refractivity contribution in [2.45, 2.75) is 33.7 Å². The van der Waals surface area contributed by atoms with Crippen molar-refractivity contribution in [1.29, 1.82) is 0 Å². The van der Waals surface area contributed by atoms with E-state index in [2.05, 4.69) is 46.3 Å². The molecule has 0 saturated heterocycles. The highest BCUT2D eigenvalue weighted by Gasteiger charge is 2.08. The number of rotatable bonds is 8. The summed E-state index contributed by atoms with van der Waals surface area (Å²) in [5, 5.41) is 6.54. The SMILES string of the molecule is CCNc1cncc(NC(C)CN(CC)CC)n1. The van der Waals surface area contributed by atoms with Gasteiger partial charge in [0.15, 0.2) is 0 Å². The largest absolute Gasteiger partial charge is 0.369 e. The third-order valence-electron chi connectivity index (χ3n) is 2.81. The van der Waals surface area contributed by atoms with Gasteiger partial charge in [-0.15, -0.1) is 0 Å². The van der Waals surface area contributed by atoms with E-state index in [0.717, 1.165) is 37.8 Å². The molecule has 2 N–H and O–H groups in total. The molecule has 0 radical (unpaired) electrons. The van der Waals surface area contributed by atoms with Crippen molar-refractivity contribution in [2.75, 3.05) is 36.8 Å². The summed E-state index contributed by atoms with van der Waals surface area (Å²) in [6.07, 6.45) is 3.50. The monoisotopic (exact) mass is 251 g/mol. The second-order valence-electron chi connectivity index (χ2n) is 4.35. The molecule has 1 aromatic rings. The van der Waals surface area contributed by atoms with E-state index in [1.54, 1.807) is 12.4 Å². The first-order chi connectivity index (χ1) is 8.69. The molecule has 0 aliphatic carbocycles. The number of hydrogen-bond donors (Lipinski definition) is 2. The normalized spacial score (nSPS) is 12.5. The van der Waals surface area contributed by atoms with Gasteiger partial charge >= 0.3 is 0 Å². The van der Waals surface area contributed by atoms with Gasteiger partial charge in [0.2, 0.25) is 0 Å². The van der Waals surface area contributed by atoms with Crippen LogP contribution in [0.25, 0.3) is 0 Å². The summed E-state index contributed by atoms with van der Waals surface area (Å²) in [7, 11) is 0.